The monoisotopic (exact) mass is 217 g/mol. The van der Waals surface area contributed by atoms with Gasteiger partial charge in [-0.3, -0.25) is 4.79 Å². The lowest BCUT2D eigenvalue weighted by atomic mass is 10.0. The number of benzene rings is 1. The molecule has 0 radical (unpaired) electrons. The normalized spacial score (nSPS) is 22.9. The molecule has 1 aromatic carbocycles. The van der Waals surface area contributed by atoms with Crippen LogP contribution >= 0.6 is 0 Å². The Morgan fingerprint density at radius 3 is 2.94 bits per heavy atom. The van der Waals surface area contributed by atoms with Gasteiger partial charge in [-0.05, 0) is 5.56 Å². The number of carbonyl (C=O) groups excluding carboxylic acids is 1. The highest BCUT2D eigenvalue weighted by molar-refractivity contribution is 6.06. The fourth-order valence-corrected chi connectivity index (χ4v) is 1.92. The first kappa shape index (κ1) is 10.8. The summed E-state index contributed by atoms with van der Waals surface area (Å²) in [5, 5.41) is 18.4. The summed E-state index contributed by atoms with van der Waals surface area (Å²) in [6, 6.07) is 8.90. The summed E-state index contributed by atoms with van der Waals surface area (Å²) >= 11 is 0. The van der Waals surface area contributed by atoms with Gasteiger partial charge in [0.2, 0.25) is 0 Å². The summed E-state index contributed by atoms with van der Waals surface area (Å²) in [6.07, 6.45) is 0.257. The maximum atomic E-state index is 11.9. The molecule has 0 saturated carbocycles. The Bertz CT molecular complexity index is 464. The number of rotatable bonds is 3. The third kappa shape index (κ3) is 1.71. The Morgan fingerprint density at radius 1 is 1.50 bits per heavy atom. The summed E-state index contributed by atoms with van der Waals surface area (Å²) in [5.74, 6) is -0.318. The molecule has 0 saturated heterocycles. The van der Waals surface area contributed by atoms with Crippen molar-refractivity contribution in [2.45, 2.75) is 12.0 Å². The van der Waals surface area contributed by atoms with E-state index in [1.165, 1.54) is 0 Å². The highest BCUT2D eigenvalue weighted by Crippen LogP contribution is 2.30. The third-order valence-corrected chi connectivity index (χ3v) is 2.67. The van der Waals surface area contributed by atoms with E-state index in [-0.39, 0.29) is 25.4 Å². The quantitative estimate of drug-likeness (QED) is 0.756. The first-order chi connectivity index (χ1) is 7.67. The molecule has 0 aliphatic heterocycles. The number of Topliss-reactive ketones (excluding diaryl/α,β-unsaturated/α-hetero) is 1. The number of ketones is 1. The second kappa shape index (κ2) is 4.05. The Kier molecular flexibility index (Phi) is 2.73. The van der Waals surface area contributed by atoms with Gasteiger partial charge in [-0.25, -0.2) is 0 Å². The van der Waals surface area contributed by atoms with Crippen LogP contribution in [0.15, 0.2) is 24.3 Å². The molecule has 16 heavy (non-hydrogen) atoms. The smallest absolute Gasteiger partial charge is 0.197 e. The van der Waals surface area contributed by atoms with Crippen molar-refractivity contribution in [2.75, 3.05) is 13.2 Å². The Hall–Kier alpha value is -1.70. The lowest BCUT2D eigenvalue weighted by Gasteiger charge is -2.19. The molecule has 1 N–H and O–H groups in total. The van der Waals surface area contributed by atoms with Crippen molar-refractivity contribution in [3.63, 3.8) is 0 Å². The van der Waals surface area contributed by atoms with E-state index in [1.54, 1.807) is 18.2 Å². The molecule has 1 aliphatic rings. The fourth-order valence-electron chi connectivity index (χ4n) is 1.92. The summed E-state index contributed by atoms with van der Waals surface area (Å²) in [7, 11) is 0. The Morgan fingerprint density at radius 2 is 2.25 bits per heavy atom. The predicted octanol–water partition coefficient (Wildman–Crippen LogP) is 0.697. The minimum atomic E-state index is -1.50. The average molecular weight is 217 g/mol. The van der Waals surface area contributed by atoms with E-state index in [0.717, 1.165) is 5.56 Å². The number of nitrogens with zero attached hydrogens (tertiary/aromatic N) is 1. The van der Waals surface area contributed by atoms with E-state index in [9.17, 15) is 9.90 Å². The first-order valence-corrected chi connectivity index (χ1v) is 4.97. The number of fused-ring (bicyclic) bond motifs is 1. The molecule has 1 atom stereocenters. The van der Waals surface area contributed by atoms with E-state index in [0.29, 0.717) is 5.56 Å². The van der Waals surface area contributed by atoms with Crippen LogP contribution in [0.4, 0.5) is 0 Å². The molecule has 2 rings (SSSR count). The molecule has 0 spiro atoms. The molecule has 0 heterocycles. The van der Waals surface area contributed by atoms with Crippen LogP contribution in [0.2, 0.25) is 0 Å². The van der Waals surface area contributed by atoms with E-state index >= 15 is 0 Å². The summed E-state index contributed by atoms with van der Waals surface area (Å²) in [6.45, 7) is -0.250. The van der Waals surface area contributed by atoms with E-state index in [1.807, 2.05) is 12.1 Å². The molecule has 0 bridgehead atoms. The topological polar surface area (TPSA) is 70.3 Å². The summed E-state index contributed by atoms with van der Waals surface area (Å²) in [5.41, 5.74) is -0.123. The van der Waals surface area contributed by atoms with Gasteiger partial charge in [0.25, 0.3) is 0 Å². The number of hydrogen-bond acceptors (Lipinski definition) is 4. The Labute approximate surface area is 93.1 Å². The lowest BCUT2D eigenvalue weighted by molar-refractivity contribution is -0.0163. The van der Waals surface area contributed by atoms with Crippen LogP contribution in [-0.4, -0.2) is 29.7 Å². The SMILES string of the molecule is N#CCOCC1(O)Cc2ccccc2C1=O. The zero-order valence-electron chi connectivity index (χ0n) is 8.64. The van der Waals surface area contributed by atoms with Gasteiger partial charge < -0.3 is 9.84 Å². The maximum Gasteiger partial charge on any atom is 0.197 e. The molecule has 0 amide bonds. The van der Waals surface area contributed by atoms with Crippen LogP contribution in [0, 0.1) is 11.3 Å². The largest absolute Gasteiger partial charge is 0.379 e. The number of aliphatic hydroxyl groups is 1. The van der Waals surface area contributed by atoms with E-state index in [2.05, 4.69) is 0 Å². The number of nitriles is 1. The molecular formula is C12H11NO3. The van der Waals surface area contributed by atoms with Crippen molar-refractivity contribution >= 4 is 5.78 Å². The van der Waals surface area contributed by atoms with Gasteiger partial charge in [0, 0.05) is 12.0 Å². The van der Waals surface area contributed by atoms with Gasteiger partial charge in [0.1, 0.15) is 6.61 Å². The average Bonchev–Trinajstić information content (AvgIpc) is 2.53. The zero-order valence-corrected chi connectivity index (χ0v) is 8.64. The number of hydrogen-bond donors (Lipinski definition) is 1. The van der Waals surface area contributed by atoms with Gasteiger partial charge in [-0.15, -0.1) is 0 Å². The van der Waals surface area contributed by atoms with Crippen molar-refractivity contribution in [3.8, 4) is 6.07 Å². The number of carbonyl (C=O) groups is 1. The second-order valence-electron chi connectivity index (χ2n) is 3.85. The van der Waals surface area contributed by atoms with Crippen molar-refractivity contribution < 1.29 is 14.6 Å². The lowest BCUT2D eigenvalue weighted by Crippen LogP contribution is -2.41. The summed E-state index contributed by atoms with van der Waals surface area (Å²) < 4.78 is 4.94. The van der Waals surface area contributed by atoms with Crippen molar-refractivity contribution in [3.05, 3.63) is 35.4 Å². The van der Waals surface area contributed by atoms with Crippen LogP contribution in [-0.2, 0) is 11.2 Å². The van der Waals surface area contributed by atoms with Gasteiger partial charge in [0.05, 0.1) is 12.7 Å². The minimum absolute atomic E-state index is 0.119. The molecule has 0 aromatic heterocycles. The van der Waals surface area contributed by atoms with Crippen molar-refractivity contribution in [1.82, 2.24) is 0 Å². The molecule has 1 aromatic rings. The second-order valence-corrected chi connectivity index (χ2v) is 3.85. The molecule has 1 aliphatic carbocycles. The van der Waals surface area contributed by atoms with Gasteiger partial charge in [0.15, 0.2) is 11.4 Å². The molecule has 4 nitrogen and oxygen atoms in total. The summed E-state index contributed by atoms with van der Waals surface area (Å²) in [4.78, 5) is 11.9. The maximum absolute atomic E-state index is 11.9. The number of ether oxygens (including phenoxy) is 1. The van der Waals surface area contributed by atoms with Crippen molar-refractivity contribution in [2.24, 2.45) is 0 Å². The molecule has 4 heteroatoms. The fraction of sp³-hybridized carbons (Fsp3) is 0.333. The van der Waals surface area contributed by atoms with Crippen LogP contribution < -0.4 is 0 Å². The van der Waals surface area contributed by atoms with E-state index < -0.39 is 5.60 Å². The van der Waals surface area contributed by atoms with E-state index in [4.69, 9.17) is 10.00 Å². The highest BCUT2D eigenvalue weighted by atomic mass is 16.5. The van der Waals surface area contributed by atoms with Gasteiger partial charge in [-0.2, -0.15) is 5.26 Å². The first-order valence-electron chi connectivity index (χ1n) is 4.97. The van der Waals surface area contributed by atoms with Crippen molar-refractivity contribution in [1.29, 1.82) is 5.26 Å². The molecule has 82 valence electrons. The third-order valence-electron chi connectivity index (χ3n) is 2.67. The van der Waals surface area contributed by atoms with Gasteiger partial charge >= 0.3 is 0 Å². The van der Waals surface area contributed by atoms with Crippen LogP contribution in [0.3, 0.4) is 0 Å². The molecule has 0 fully saturated rings. The van der Waals surface area contributed by atoms with Crippen LogP contribution in [0.25, 0.3) is 0 Å². The molecular weight excluding hydrogens is 206 g/mol. The predicted molar refractivity (Wildman–Crippen MR) is 55.9 cm³/mol. The Balaban J connectivity index is 2.17. The van der Waals surface area contributed by atoms with Gasteiger partial charge in [-0.1, -0.05) is 24.3 Å². The standard InChI is InChI=1S/C12H11NO3/c13-5-6-16-8-12(15)7-9-3-1-2-4-10(9)11(12)14/h1-4,15H,6-8H2. The zero-order chi connectivity index (χ0) is 11.6. The van der Waals surface area contributed by atoms with Crippen LogP contribution in [0.5, 0.6) is 0 Å². The molecule has 1 unspecified atom stereocenters. The van der Waals surface area contributed by atoms with Crippen LogP contribution in [0.1, 0.15) is 15.9 Å². The minimum Gasteiger partial charge on any atom is -0.379 e. The highest BCUT2D eigenvalue weighted by Gasteiger charge is 2.43.